The normalized spacial score (nSPS) is 10.8. The van der Waals surface area contributed by atoms with Crippen molar-refractivity contribution in [1.29, 1.82) is 0 Å². The number of rotatable bonds is 7. The van der Waals surface area contributed by atoms with Crippen LogP contribution in [0.1, 0.15) is 20.3 Å². The van der Waals surface area contributed by atoms with Gasteiger partial charge in [-0.05, 0) is 12.1 Å². The maximum atomic E-state index is 11.7. The van der Waals surface area contributed by atoms with Gasteiger partial charge in [0, 0.05) is 6.42 Å². The summed E-state index contributed by atoms with van der Waals surface area (Å²) in [5.41, 5.74) is -0.160. The second-order valence-corrected chi connectivity index (χ2v) is 5.29. The fraction of sp³-hybridized carbons (Fsp3) is 0.412. The summed E-state index contributed by atoms with van der Waals surface area (Å²) in [5.74, 6) is 0.507. The molecule has 0 unspecified atom stereocenters. The van der Waals surface area contributed by atoms with Crippen molar-refractivity contribution in [1.82, 2.24) is 0 Å². The highest BCUT2D eigenvalue weighted by atomic mass is 16.5. The van der Waals surface area contributed by atoms with Gasteiger partial charge >= 0.3 is 11.6 Å². The van der Waals surface area contributed by atoms with Gasteiger partial charge in [-0.2, -0.15) is 0 Å². The Hall–Kier alpha value is -2.50. The molecule has 6 nitrogen and oxygen atoms in total. The molecule has 1 aromatic carbocycles. The molecule has 0 saturated carbocycles. The number of hydrogen-bond donors (Lipinski definition) is 0. The second-order valence-electron chi connectivity index (χ2n) is 5.29. The molecule has 0 N–H and O–H groups in total. The highest BCUT2D eigenvalue weighted by Gasteiger charge is 2.11. The molecular formula is C17H20O6. The van der Waals surface area contributed by atoms with Crippen LogP contribution in [-0.4, -0.2) is 26.3 Å². The molecule has 2 rings (SSSR count). The molecule has 0 aliphatic heterocycles. The lowest BCUT2D eigenvalue weighted by atomic mass is 10.2. The van der Waals surface area contributed by atoms with Crippen LogP contribution in [0, 0.1) is 5.92 Å². The first kappa shape index (κ1) is 16.9. The van der Waals surface area contributed by atoms with Crippen LogP contribution in [-0.2, 0) is 9.53 Å². The minimum absolute atomic E-state index is 0.147. The van der Waals surface area contributed by atoms with Crippen LogP contribution < -0.4 is 15.1 Å². The fourth-order valence-electron chi connectivity index (χ4n) is 1.99. The van der Waals surface area contributed by atoms with Crippen molar-refractivity contribution >= 4 is 16.9 Å². The summed E-state index contributed by atoms with van der Waals surface area (Å²) in [6.07, 6.45) is 0.532. The van der Waals surface area contributed by atoms with Gasteiger partial charge in [-0.15, -0.1) is 0 Å². The van der Waals surface area contributed by atoms with Crippen molar-refractivity contribution in [3.63, 3.8) is 0 Å². The Morgan fingerprint density at radius 2 is 2.00 bits per heavy atom. The topological polar surface area (TPSA) is 75.0 Å². The third-order valence-corrected chi connectivity index (χ3v) is 3.18. The van der Waals surface area contributed by atoms with Crippen LogP contribution in [0.2, 0.25) is 0 Å². The summed E-state index contributed by atoms with van der Waals surface area (Å²) in [6.45, 7) is 4.16. The molecule has 0 bridgehead atoms. The average molecular weight is 320 g/mol. The number of benzene rings is 1. The Morgan fingerprint density at radius 3 is 2.70 bits per heavy atom. The number of esters is 1. The van der Waals surface area contributed by atoms with Crippen LogP contribution in [0.3, 0.4) is 0 Å². The van der Waals surface area contributed by atoms with Gasteiger partial charge in [0.25, 0.3) is 0 Å². The zero-order chi connectivity index (χ0) is 16.8. The molecule has 0 aliphatic rings. The van der Waals surface area contributed by atoms with E-state index in [4.69, 9.17) is 18.6 Å². The summed E-state index contributed by atoms with van der Waals surface area (Å²) in [4.78, 5) is 23.0. The molecule has 0 saturated heterocycles. The molecule has 23 heavy (non-hydrogen) atoms. The molecule has 0 radical (unpaired) electrons. The van der Waals surface area contributed by atoms with Gasteiger partial charge in [0.1, 0.15) is 5.75 Å². The SMILES string of the molecule is COc1cccc2c(OCCCOC(=O)C(C)C)cc(=O)oc12. The van der Waals surface area contributed by atoms with Gasteiger partial charge in [0.2, 0.25) is 0 Å². The summed E-state index contributed by atoms with van der Waals surface area (Å²) in [7, 11) is 1.51. The van der Waals surface area contributed by atoms with Crippen LogP contribution in [0.5, 0.6) is 11.5 Å². The summed E-state index contributed by atoms with van der Waals surface area (Å²) in [6, 6.07) is 6.58. The highest BCUT2D eigenvalue weighted by Crippen LogP contribution is 2.30. The number of methoxy groups -OCH3 is 1. The maximum absolute atomic E-state index is 11.7. The van der Waals surface area contributed by atoms with Crippen molar-refractivity contribution in [2.75, 3.05) is 20.3 Å². The Bertz CT molecular complexity index is 731. The van der Waals surface area contributed by atoms with E-state index >= 15 is 0 Å². The standard InChI is InChI=1S/C17H20O6/c1-11(2)17(19)22-9-5-8-21-14-10-15(18)23-16-12(14)6-4-7-13(16)20-3/h4,6-7,10-11H,5,8-9H2,1-3H3. The zero-order valence-electron chi connectivity index (χ0n) is 13.5. The van der Waals surface area contributed by atoms with E-state index in [1.54, 1.807) is 32.0 Å². The first-order chi connectivity index (χ1) is 11.0. The predicted octanol–water partition coefficient (Wildman–Crippen LogP) is 2.77. The van der Waals surface area contributed by atoms with E-state index in [0.29, 0.717) is 35.5 Å². The van der Waals surface area contributed by atoms with Crippen molar-refractivity contribution in [3.05, 3.63) is 34.7 Å². The van der Waals surface area contributed by atoms with E-state index in [0.717, 1.165) is 0 Å². The highest BCUT2D eigenvalue weighted by molar-refractivity contribution is 5.87. The molecule has 0 atom stereocenters. The third kappa shape index (κ3) is 4.25. The van der Waals surface area contributed by atoms with E-state index < -0.39 is 5.63 Å². The monoisotopic (exact) mass is 320 g/mol. The maximum Gasteiger partial charge on any atom is 0.340 e. The molecule has 0 spiro atoms. The van der Waals surface area contributed by atoms with Crippen LogP contribution >= 0.6 is 0 Å². The quantitative estimate of drug-likeness (QED) is 0.443. The van der Waals surface area contributed by atoms with Gasteiger partial charge in [-0.1, -0.05) is 19.9 Å². The van der Waals surface area contributed by atoms with E-state index in [9.17, 15) is 9.59 Å². The largest absolute Gasteiger partial charge is 0.493 e. The molecule has 6 heteroatoms. The Kier molecular flexibility index (Phi) is 5.62. The van der Waals surface area contributed by atoms with Crippen LogP contribution in [0.15, 0.2) is 33.5 Å². The molecule has 0 amide bonds. The fourth-order valence-corrected chi connectivity index (χ4v) is 1.99. The lowest BCUT2D eigenvalue weighted by molar-refractivity contribution is -0.147. The number of fused-ring (bicyclic) bond motifs is 1. The first-order valence-electron chi connectivity index (χ1n) is 7.43. The van der Waals surface area contributed by atoms with Crippen molar-refractivity contribution in [3.8, 4) is 11.5 Å². The number of carbonyl (C=O) groups excluding carboxylic acids is 1. The number of hydrogen-bond acceptors (Lipinski definition) is 6. The Morgan fingerprint density at radius 1 is 1.22 bits per heavy atom. The minimum atomic E-state index is -0.511. The summed E-state index contributed by atoms with van der Waals surface area (Å²) in [5, 5.41) is 0.656. The number of carbonyl (C=O) groups is 1. The molecular weight excluding hydrogens is 300 g/mol. The predicted molar refractivity (Wildman–Crippen MR) is 84.9 cm³/mol. The smallest absolute Gasteiger partial charge is 0.340 e. The second kappa shape index (κ2) is 7.67. The van der Waals surface area contributed by atoms with Gasteiger partial charge in [0.15, 0.2) is 11.3 Å². The minimum Gasteiger partial charge on any atom is -0.493 e. The number of ether oxygens (including phenoxy) is 3. The lowest BCUT2D eigenvalue weighted by Gasteiger charge is -2.10. The molecule has 124 valence electrons. The molecule has 1 heterocycles. The van der Waals surface area contributed by atoms with E-state index in [1.165, 1.54) is 13.2 Å². The van der Waals surface area contributed by atoms with E-state index in [2.05, 4.69) is 0 Å². The van der Waals surface area contributed by atoms with Crippen molar-refractivity contribution < 1.29 is 23.4 Å². The van der Waals surface area contributed by atoms with E-state index in [-0.39, 0.29) is 18.5 Å². The molecule has 1 aromatic heterocycles. The Balaban J connectivity index is 2.03. The molecule has 2 aromatic rings. The third-order valence-electron chi connectivity index (χ3n) is 3.18. The first-order valence-corrected chi connectivity index (χ1v) is 7.43. The molecule has 0 aliphatic carbocycles. The van der Waals surface area contributed by atoms with Gasteiger partial charge in [0.05, 0.1) is 37.7 Å². The molecule has 0 fully saturated rings. The number of para-hydroxylation sites is 1. The van der Waals surface area contributed by atoms with Crippen molar-refractivity contribution in [2.45, 2.75) is 20.3 Å². The average Bonchev–Trinajstić information content (AvgIpc) is 2.53. The lowest BCUT2D eigenvalue weighted by Crippen LogP contribution is -2.14. The van der Waals surface area contributed by atoms with Crippen LogP contribution in [0.4, 0.5) is 0 Å². The van der Waals surface area contributed by atoms with Gasteiger partial charge < -0.3 is 18.6 Å². The van der Waals surface area contributed by atoms with Gasteiger partial charge in [-0.25, -0.2) is 4.79 Å². The zero-order valence-corrected chi connectivity index (χ0v) is 13.5. The summed E-state index contributed by atoms with van der Waals surface area (Å²) >= 11 is 0. The van der Waals surface area contributed by atoms with E-state index in [1.807, 2.05) is 0 Å². The van der Waals surface area contributed by atoms with Crippen molar-refractivity contribution in [2.24, 2.45) is 5.92 Å². The van der Waals surface area contributed by atoms with Crippen LogP contribution in [0.25, 0.3) is 11.0 Å². The summed E-state index contributed by atoms with van der Waals surface area (Å²) < 4.78 is 21.1. The van der Waals surface area contributed by atoms with Gasteiger partial charge in [-0.3, -0.25) is 4.79 Å². The Labute approximate surface area is 134 Å².